The van der Waals surface area contributed by atoms with Crippen molar-refractivity contribution in [2.45, 2.75) is 25.5 Å². The second-order valence-corrected chi connectivity index (χ2v) is 2.97. The number of hydrogen-bond donors (Lipinski definition) is 0. The summed E-state index contributed by atoms with van der Waals surface area (Å²) in [5, 5.41) is 0. The summed E-state index contributed by atoms with van der Waals surface area (Å²) in [6.45, 7) is 4.09. The Bertz CT molecular complexity index is 265. The van der Waals surface area contributed by atoms with Gasteiger partial charge in [-0.15, -0.1) is 0 Å². The van der Waals surface area contributed by atoms with Crippen molar-refractivity contribution in [1.29, 1.82) is 0 Å². The first-order valence-corrected chi connectivity index (χ1v) is 3.84. The minimum absolute atomic E-state index is 0.170. The van der Waals surface area contributed by atoms with Crippen LogP contribution in [-0.2, 0) is 14.3 Å². The van der Waals surface area contributed by atoms with Gasteiger partial charge < -0.3 is 4.74 Å². The molecule has 0 saturated carbocycles. The number of carbonyl (C=O) groups is 1. The van der Waals surface area contributed by atoms with Crippen molar-refractivity contribution in [3.63, 3.8) is 0 Å². The van der Waals surface area contributed by atoms with E-state index in [4.69, 9.17) is 0 Å². The van der Waals surface area contributed by atoms with E-state index >= 15 is 0 Å². The molecule has 0 aromatic rings. The van der Waals surface area contributed by atoms with Gasteiger partial charge in [-0.1, -0.05) is 6.58 Å². The maximum atomic E-state index is 12.4. The summed E-state index contributed by atoms with van der Waals surface area (Å²) in [5.41, 5.74) is 0.170. The Balaban J connectivity index is 2.38. The van der Waals surface area contributed by atoms with Crippen molar-refractivity contribution >= 4 is 5.78 Å². The summed E-state index contributed by atoms with van der Waals surface area (Å²) in [4.78, 5) is 10.9. The average molecular weight is 210 g/mol. The van der Waals surface area contributed by atoms with Gasteiger partial charge in [-0.2, -0.15) is 8.78 Å². The fourth-order valence-corrected chi connectivity index (χ4v) is 0.821. The summed E-state index contributed by atoms with van der Waals surface area (Å²) < 4.78 is 45.0. The zero-order valence-corrected chi connectivity index (χ0v) is 7.43. The maximum Gasteiger partial charge on any atom is 0.389 e. The highest BCUT2D eigenvalue weighted by molar-refractivity contribution is 5.95. The second-order valence-electron chi connectivity index (χ2n) is 2.97. The molecule has 0 aliphatic carbocycles. The van der Waals surface area contributed by atoms with Crippen molar-refractivity contribution in [2.24, 2.45) is 0 Å². The van der Waals surface area contributed by atoms with Crippen LogP contribution in [0, 0.1) is 0 Å². The largest absolute Gasteiger partial charge is 0.389 e. The molecule has 0 amide bonds. The third kappa shape index (κ3) is 2.13. The third-order valence-corrected chi connectivity index (χ3v) is 1.71. The van der Waals surface area contributed by atoms with Crippen molar-refractivity contribution in [2.75, 3.05) is 6.61 Å². The van der Waals surface area contributed by atoms with E-state index in [2.05, 4.69) is 16.1 Å². The number of rotatable bonds is 4. The van der Waals surface area contributed by atoms with Gasteiger partial charge in [0.05, 0.1) is 0 Å². The molecule has 0 spiro atoms. The van der Waals surface area contributed by atoms with Crippen LogP contribution in [0.15, 0.2) is 12.2 Å². The van der Waals surface area contributed by atoms with Gasteiger partial charge in [0.1, 0.15) is 6.61 Å². The van der Waals surface area contributed by atoms with E-state index in [1.807, 2.05) is 0 Å². The standard InChI is InChI=1S/C8H9F3O3/c1-4(2)5(12)3-13-6-7(9)14-8(6,10)11/h6-7H,1,3H2,2H3. The molecule has 0 N–H and O–H groups in total. The molecule has 1 rings (SSSR count). The molecule has 1 heterocycles. The molecule has 80 valence electrons. The molecule has 0 bridgehead atoms. The molecular formula is C8H9F3O3. The lowest BCUT2D eigenvalue weighted by atomic mass is 10.2. The molecule has 1 aliphatic heterocycles. The van der Waals surface area contributed by atoms with Crippen LogP contribution < -0.4 is 0 Å². The highest BCUT2D eigenvalue weighted by Crippen LogP contribution is 2.38. The number of alkyl halides is 3. The molecule has 1 saturated heterocycles. The first kappa shape index (κ1) is 11.2. The molecule has 14 heavy (non-hydrogen) atoms. The molecule has 2 unspecified atom stereocenters. The van der Waals surface area contributed by atoms with Gasteiger partial charge in [0.25, 0.3) is 0 Å². The summed E-state index contributed by atoms with van der Waals surface area (Å²) in [6, 6.07) is 0. The third-order valence-electron chi connectivity index (χ3n) is 1.71. The SMILES string of the molecule is C=C(C)C(=O)COC1C(F)OC1(F)F. The van der Waals surface area contributed by atoms with Gasteiger partial charge in [0.15, 0.2) is 5.78 Å². The predicted octanol–water partition coefficient (Wildman–Crippen LogP) is 1.44. The van der Waals surface area contributed by atoms with Crippen LogP contribution in [0.25, 0.3) is 0 Å². The Morgan fingerprint density at radius 1 is 1.64 bits per heavy atom. The van der Waals surface area contributed by atoms with Crippen LogP contribution in [0.2, 0.25) is 0 Å². The highest BCUT2D eigenvalue weighted by atomic mass is 19.3. The van der Waals surface area contributed by atoms with Gasteiger partial charge in [0.2, 0.25) is 12.5 Å². The van der Waals surface area contributed by atoms with Crippen molar-refractivity contribution < 1.29 is 27.4 Å². The Labute approximate surface area is 78.5 Å². The van der Waals surface area contributed by atoms with Gasteiger partial charge in [-0.05, 0) is 12.5 Å². The zero-order chi connectivity index (χ0) is 10.9. The van der Waals surface area contributed by atoms with Crippen LogP contribution in [0.1, 0.15) is 6.92 Å². The molecular weight excluding hydrogens is 201 g/mol. The van der Waals surface area contributed by atoms with Crippen molar-refractivity contribution in [1.82, 2.24) is 0 Å². The molecule has 2 atom stereocenters. The smallest absolute Gasteiger partial charge is 0.356 e. The monoisotopic (exact) mass is 210 g/mol. The van der Waals surface area contributed by atoms with E-state index in [1.165, 1.54) is 6.92 Å². The predicted molar refractivity (Wildman–Crippen MR) is 40.5 cm³/mol. The van der Waals surface area contributed by atoms with E-state index in [0.29, 0.717) is 0 Å². The van der Waals surface area contributed by atoms with Crippen LogP contribution in [0.5, 0.6) is 0 Å². The summed E-state index contributed by atoms with van der Waals surface area (Å²) in [5.74, 6) is -0.542. The van der Waals surface area contributed by atoms with E-state index in [9.17, 15) is 18.0 Å². The Morgan fingerprint density at radius 2 is 2.21 bits per heavy atom. The molecule has 0 aromatic carbocycles. The summed E-state index contributed by atoms with van der Waals surface area (Å²) >= 11 is 0. The maximum absolute atomic E-state index is 12.4. The number of carbonyl (C=O) groups excluding carboxylic acids is 1. The normalized spacial score (nSPS) is 29.4. The van der Waals surface area contributed by atoms with Crippen LogP contribution in [-0.4, -0.2) is 31.0 Å². The molecule has 6 heteroatoms. The molecule has 1 aliphatic rings. The second kappa shape index (κ2) is 3.70. The average Bonchev–Trinajstić information content (AvgIpc) is 2.02. The Morgan fingerprint density at radius 3 is 2.57 bits per heavy atom. The quantitative estimate of drug-likeness (QED) is 0.658. The number of hydrogen-bond acceptors (Lipinski definition) is 3. The number of ether oxygens (including phenoxy) is 2. The van der Waals surface area contributed by atoms with E-state index in [0.717, 1.165) is 0 Å². The lowest BCUT2D eigenvalue weighted by Crippen LogP contribution is -2.58. The number of Topliss-reactive ketones (excluding diaryl/α,β-unsaturated/α-hetero) is 1. The fourth-order valence-electron chi connectivity index (χ4n) is 0.821. The topological polar surface area (TPSA) is 35.5 Å². The highest BCUT2D eigenvalue weighted by Gasteiger charge is 2.60. The Hall–Kier alpha value is -0.880. The van der Waals surface area contributed by atoms with E-state index in [-0.39, 0.29) is 5.57 Å². The zero-order valence-electron chi connectivity index (χ0n) is 7.43. The first-order chi connectivity index (χ1) is 6.34. The van der Waals surface area contributed by atoms with Crippen LogP contribution >= 0.6 is 0 Å². The minimum Gasteiger partial charge on any atom is -0.356 e. The number of ketones is 1. The first-order valence-electron chi connectivity index (χ1n) is 3.84. The summed E-state index contributed by atoms with van der Waals surface area (Å²) in [7, 11) is 0. The molecule has 0 aromatic heterocycles. The fraction of sp³-hybridized carbons (Fsp3) is 0.625. The lowest BCUT2D eigenvalue weighted by molar-refractivity contribution is -0.443. The summed E-state index contributed by atoms with van der Waals surface area (Å²) in [6.07, 6.45) is -7.82. The van der Waals surface area contributed by atoms with E-state index in [1.54, 1.807) is 0 Å². The van der Waals surface area contributed by atoms with Crippen molar-refractivity contribution in [3.8, 4) is 0 Å². The number of halogens is 3. The Kier molecular flexibility index (Phi) is 2.96. The molecule has 1 fully saturated rings. The lowest BCUT2D eigenvalue weighted by Gasteiger charge is -2.38. The van der Waals surface area contributed by atoms with Crippen LogP contribution in [0.3, 0.4) is 0 Å². The van der Waals surface area contributed by atoms with Gasteiger partial charge in [0, 0.05) is 0 Å². The van der Waals surface area contributed by atoms with Gasteiger partial charge in [-0.3, -0.25) is 9.53 Å². The minimum atomic E-state index is -3.64. The van der Waals surface area contributed by atoms with Gasteiger partial charge in [-0.25, -0.2) is 4.39 Å². The molecule has 3 nitrogen and oxygen atoms in total. The van der Waals surface area contributed by atoms with Gasteiger partial charge >= 0.3 is 6.11 Å². The molecule has 0 radical (unpaired) electrons. The van der Waals surface area contributed by atoms with E-state index < -0.39 is 31.0 Å². The van der Waals surface area contributed by atoms with Crippen molar-refractivity contribution in [3.05, 3.63) is 12.2 Å². The van der Waals surface area contributed by atoms with Crippen LogP contribution in [0.4, 0.5) is 13.2 Å².